The van der Waals surface area contributed by atoms with E-state index in [0.29, 0.717) is 29.6 Å². The van der Waals surface area contributed by atoms with Gasteiger partial charge in [0.05, 0.1) is 11.2 Å². The molecule has 6 heterocycles. The molecule has 4 atom stereocenters. The van der Waals surface area contributed by atoms with Crippen molar-refractivity contribution in [1.82, 2.24) is 4.57 Å². The van der Waals surface area contributed by atoms with E-state index in [0.717, 1.165) is 33.4 Å². The van der Waals surface area contributed by atoms with Gasteiger partial charge < -0.3 is 51.3 Å². The van der Waals surface area contributed by atoms with Crippen LogP contribution in [0.1, 0.15) is 203 Å². The average Bonchev–Trinajstić information content (AvgIpc) is 1.57. The summed E-state index contributed by atoms with van der Waals surface area (Å²) in [6.45, 7) is 35.4. The predicted molar refractivity (Wildman–Crippen MR) is 533 cm³/mol. The van der Waals surface area contributed by atoms with Gasteiger partial charge in [0.1, 0.15) is 0 Å². The summed E-state index contributed by atoms with van der Waals surface area (Å²) >= 11 is 0. The molecule has 15 aromatic rings. The second-order valence-electron chi connectivity index (χ2n) is 28.6. The summed E-state index contributed by atoms with van der Waals surface area (Å²) in [5.41, 5.74) is 36.0. The number of fused-ring (bicyclic) bond motifs is 14. The minimum absolute atomic E-state index is 0. The third-order valence-electron chi connectivity index (χ3n) is 22.8. The van der Waals surface area contributed by atoms with Crippen molar-refractivity contribution < 1.29 is 98.1 Å². The predicted octanol–water partition coefficient (Wildman–Crippen LogP) is 32.5. The molecule has 0 saturated heterocycles. The zero-order valence-corrected chi connectivity index (χ0v) is 87.5. The Bertz CT molecular complexity index is 5480. The Balaban J connectivity index is 0.000000313. The Morgan fingerprint density at radius 1 is 0.226 bits per heavy atom. The van der Waals surface area contributed by atoms with E-state index in [1.54, 1.807) is 0 Å². The zero-order valence-electron chi connectivity index (χ0n) is 79.0. The van der Waals surface area contributed by atoms with Gasteiger partial charge in [0, 0.05) is 105 Å². The fourth-order valence-electron chi connectivity index (χ4n) is 17.1. The second kappa shape index (κ2) is 51.7. The molecular formula is C115H131N6Y3. The molecule has 1 aromatic heterocycles. The Morgan fingerprint density at radius 2 is 0.548 bits per heavy atom. The van der Waals surface area contributed by atoms with Gasteiger partial charge in [-0.25, -0.2) is 33.4 Å². The maximum absolute atomic E-state index is 3.44. The summed E-state index contributed by atoms with van der Waals surface area (Å²) in [4.78, 5) is 11.5. The normalized spacial score (nSPS) is 13.9. The number of nitrogens with zero attached hydrogens (tertiary/aromatic N) is 6. The fourth-order valence-corrected chi connectivity index (χ4v) is 17.1. The number of anilines is 10. The first-order valence-corrected chi connectivity index (χ1v) is 43.0. The SMILES string of the molecule is CC.CC.CC.CC.CC.CC.CC1c2cc(-c3[c-]cccc3)[c-]cc2N(C)c2ccccc21.CC1c2ccccc2N(C)c2c(-c3[c-]cccc3)[c-]ccc21.CC1c2ccccc2N(C)c2c1ccc1c3ccccc3n(C)c21.CC1c2ccccc2N(C)c2cc(-c3[c-]cccc3)[c-]cc21.CC1c2ccccc2N(C)c2ccccc21.[CH3-].[CH3-].[CH3-].[Y+3].[Y+3].[Y+3]. The van der Waals surface area contributed by atoms with E-state index in [9.17, 15) is 0 Å². The molecular weight excluding hydrogens is 1730 g/mol. The molecule has 124 heavy (non-hydrogen) atoms. The van der Waals surface area contributed by atoms with Gasteiger partial charge in [-0.1, -0.05) is 268 Å². The monoisotopic (exact) mass is 1860 g/mol. The molecule has 0 saturated carbocycles. The van der Waals surface area contributed by atoms with E-state index >= 15 is 0 Å². The molecule has 0 fully saturated rings. The third-order valence-corrected chi connectivity index (χ3v) is 22.8. The quantitative estimate of drug-likeness (QED) is 0.164. The smallest absolute Gasteiger partial charge is 0.393 e. The van der Waals surface area contributed by atoms with Gasteiger partial charge in [-0.3, -0.25) is 0 Å². The maximum atomic E-state index is 3.44. The van der Waals surface area contributed by atoms with Gasteiger partial charge in [-0.05, 0) is 111 Å². The molecule has 4 unspecified atom stereocenters. The first-order valence-electron chi connectivity index (χ1n) is 43.0. The van der Waals surface area contributed by atoms with Crippen LogP contribution in [0.3, 0.4) is 0 Å². The number of benzene rings is 14. The first kappa shape index (κ1) is 108. The van der Waals surface area contributed by atoms with E-state index in [2.05, 4.69) is 379 Å². The van der Waals surface area contributed by atoms with Crippen molar-refractivity contribution in [3.63, 3.8) is 0 Å². The van der Waals surface area contributed by atoms with Crippen molar-refractivity contribution in [3.05, 3.63) is 405 Å². The van der Waals surface area contributed by atoms with E-state index in [1.165, 1.54) is 134 Å². The molecule has 0 N–H and O–H groups in total. The van der Waals surface area contributed by atoms with Crippen LogP contribution in [-0.2, 0) is 105 Å². The Hall–Kier alpha value is -8.81. The number of aromatic nitrogens is 1. The molecule has 0 radical (unpaired) electrons. The summed E-state index contributed by atoms with van der Waals surface area (Å²) in [7, 11) is 12.9. The van der Waals surface area contributed by atoms with Gasteiger partial charge >= 0.3 is 98.1 Å². The summed E-state index contributed by atoms with van der Waals surface area (Å²) in [5.74, 6) is 2.07. The van der Waals surface area contributed by atoms with Crippen LogP contribution in [0.4, 0.5) is 56.9 Å². The summed E-state index contributed by atoms with van der Waals surface area (Å²) < 4.78 is 2.35. The van der Waals surface area contributed by atoms with E-state index in [4.69, 9.17) is 0 Å². The Kier molecular flexibility index (Phi) is 44.8. The molecule has 0 aliphatic carbocycles. The summed E-state index contributed by atoms with van der Waals surface area (Å²) in [5, 5.41) is 2.67. The van der Waals surface area contributed by atoms with Gasteiger partial charge in [-0.15, -0.1) is 41.5 Å². The van der Waals surface area contributed by atoms with Crippen LogP contribution >= 0.6 is 0 Å². The summed E-state index contributed by atoms with van der Waals surface area (Å²) in [6.07, 6.45) is 0. The molecule has 0 amide bonds. The van der Waals surface area contributed by atoms with Crippen LogP contribution in [0.5, 0.6) is 0 Å². The van der Waals surface area contributed by atoms with Crippen LogP contribution in [0.15, 0.2) is 291 Å². The Morgan fingerprint density at radius 3 is 0.976 bits per heavy atom. The van der Waals surface area contributed by atoms with E-state index < -0.39 is 0 Å². The largest absolute Gasteiger partial charge is 3.00 e. The van der Waals surface area contributed by atoms with Gasteiger partial charge in [0.15, 0.2) is 0 Å². The molecule has 6 nitrogen and oxygen atoms in total. The van der Waals surface area contributed by atoms with Crippen LogP contribution in [0.25, 0.3) is 55.2 Å². The second-order valence-corrected chi connectivity index (χ2v) is 28.6. The minimum Gasteiger partial charge on any atom is -0.393 e. The maximum Gasteiger partial charge on any atom is 3.00 e. The number of rotatable bonds is 3. The van der Waals surface area contributed by atoms with Gasteiger partial charge in [0.2, 0.25) is 0 Å². The Labute approximate surface area is 825 Å². The van der Waals surface area contributed by atoms with Crippen LogP contribution < -0.4 is 24.5 Å². The van der Waals surface area contributed by atoms with Crippen LogP contribution in [0, 0.1) is 58.7 Å². The minimum atomic E-state index is 0. The van der Waals surface area contributed by atoms with Crippen molar-refractivity contribution >= 4 is 78.7 Å². The van der Waals surface area contributed by atoms with Gasteiger partial charge in [-0.2, -0.15) is 115 Å². The van der Waals surface area contributed by atoms with Crippen molar-refractivity contribution in [2.45, 2.75) is 147 Å². The van der Waals surface area contributed by atoms with Crippen molar-refractivity contribution in [3.8, 4) is 33.4 Å². The van der Waals surface area contributed by atoms with Crippen LogP contribution in [0.2, 0.25) is 0 Å². The molecule has 14 aromatic carbocycles. The number of aryl methyl sites for hydroxylation is 1. The summed E-state index contributed by atoms with van der Waals surface area (Å²) in [6, 6.07) is 123. The molecule has 5 aliphatic rings. The topological polar surface area (TPSA) is 21.1 Å². The third kappa shape index (κ3) is 22.2. The van der Waals surface area contributed by atoms with E-state index in [-0.39, 0.29) is 120 Å². The van der Waals surface area contributed by atoms with E-state index in [1.807, 2.05) is 138 Å². The number of hydrogen-bond acceptors (Lipinski definition) is 5. The molecule has 5 aliphatic heterocycles. The standard InChI is InChI=1S/C22H20N2.3C21H17N.C15H15N.6C2H6.3CH3.3Y/c1-14-15-8-4-6-10-19(15)23(2)21-16(14)12-13-18-17-9-5-7-11-20(17)24(3)22(18)21;1-15-17-11-6-7-14-20(17)22(2)21-18(15)12-8-13-19(21)16-9-4-3-5-10-16;1-15-18-10-6-7-11-20(18)22(2)21-13-12-17(14-19(15)21)16-8-4-3-5-9-16;1-15-18-10-6-7-11-20(18)22(2)21-14-17(12-13-19(15)21)16-8-4-3-5-9-16;1-11-12-7-3-5-9-14(12)16(2)15-10-6-4-8-13(11)15;6*1-2;;;;;;/h4-14H,1-3H3;3-9,11-12,14-15H,1-2H3;2*3-8,10-11,13-15H,1-2H3;3-11H,1-2H3;6*1-2H3;3*1H3;;;/q;3*-2;;;;;;;;3*-1;3*+3. The van der Waals surface area contributed by atoms with Crippen molar-refractivity contribution in [1.29, 1.82) is 0 Å². The van der Waals surface area contributed by atoms with Gasteiger partial charge in [0.25, 0.3) is 0 Å². The fraction of sp³-hybridized carbons (Fsp3) is 0.243. The van der Waals surface area contributed by atoms with Crippen molar-refractivity contribution in [2.75, 3.05) is 59.7 Å². The van der Waals surface area contributed by atoms with Crippen molar-refractivity contribution in [2.24, 2.45) is 7.05 Å². The molecule has 630 valence electrons. The van der Waals surface area contributed by atoms with Crippen LogP contribution in [-0.4, -0.2) is 39.8 Å². The molecule has 0 spiro atoms. The molecule has 0 bridgehead atoms. The molecule has 20 rings (SSSR count). The molecule has 9 heteroatoms. The first-order chi connectivity index (χ1) is 57.7. The zero-order chi connectivity index (χ0) is 84.9. The number of hydrogen-bond donors (Lipinski definition) is 0. The number of para-hydroxylation sites is 7. The average molecular weight is 1860 g/mol.